The van der Waals surface area contributed by atoms with Gasteiger partial charge in [0.25, 0.3) is 0 Å². The Morgan fingerprint density at radius 3 is 1.27 bits per heavy atom. The summed E-state index contributed by atoms with van der Waals surface area (Å²) in [4.78, 5) is 39.3. The molecule has 9 aromatic rings. The van der Waals surface area contributed by atoms with Gasteiger partial charge in [0.05, 0.1) is 22.6 Å². The molecule has 0 spiro atoms. The van der Waals surface area contributed by atoms with Crippen molar-refractivity contribution >= 4 is 114 Å². The summed E-state index contributed by atoms with van der Waals surface area (Å²) >= 11 is 13.4. The molecule has 0 aliphatic heterocycles. The molecule has 21 heteroatoms. The van der Waals surface area contributed by atoms with Crippen LogP contribution in [0.1, 0.15) is 105 Å². The van der Waals surface area contributed by atoms with Crippen molar-refractivity contribution in [2.24, 2.45) is 0 Å². The van der Waals surface area contributed by atoms with Crippen molar-refractivity contribution < 1.29 is 4.39 Å². The summed E-state index contributed by atoms with van der Waals surface area (Å²) in [6.45, 7) is 32.6. The van der Waals surface area contributed by atoms with Crippen LogP contribution in [0.4, 0.5) is 74.2 Å². The summed E-state index contributed by atoms with van der Waals surface area (Å²) in [6.07, 6.45) is 10.7. The van der Waals surface area contributed by atoms with Gasteiger partial charge in [0.1, 0.15) is 29.1 Å². The summed E-state index contributed by atoms with van der Waals surface area (Å²) in [5.41, 5.74) is 6.98. The maximum atomic E-state index is 13.5. The Kier molecular flexibility index (Phi) is 21.3. The van der Waals surface area contributed by atoms with Crippen LogP contribution in [0.25, 0.3) is 10.1 Å². The number of nitrogens with zero attached hydrogens (tertiary/aromatic N) is 9. The van der Waals surface area contributed by atoms with E-state index in [4.69, 9.17) is 23.2 Å². The first kappa shape index (κ1) is 63.2. The number of aryl methyl sites for hydroxylation is 4. The summed E-state index contributed by atoms with van der Waals surface area (Å²) in [5, 5.41) is 30.2. The quantitative estimate of drug-likeness (QED) is 0.0571. The molecule has 82 heavy (non-hydrogen) atoms. The van der Waals surface area contributed by atoms with Crippen LogP contribution in [0.15, 0.2) is 121 Å². The lowest BCUT2D eigenvalue weighted by atomic mass is 10.1. The van der Waals surface area contributed by atoms with Crippen LogP contribution in [0.5, 0.6) is 0 Å². The molecule has 0 amide bonds. The van der Waals surface area contributed by atoms with Gasteiger partial charge in [-0.1, -0.05) is 47.5 Å². The Morgan fingerprint density at radius 1 is 0.439 bits per heavy atom. The molecule has 17 nitrogen and oxygen atoms in total. The second kappa shape index (κ2) is 27.6. The summed E-state index contributed by atoms with van der Waals surface area (Å²) < 4.78 is 14.7. The lowest BCUT2D eigenvalue weighted by Gasteiger charge is -2.21. The highest BCUT2D eigenvalue weighted by Gasteiger charge is 2.17. The number of aromatic nitrogens is 9. The van der Waals surface area contributed by atoms with Crippen molar-refractivity contribution in [3.8, 4) is 0 Å². The van der Waals surface area contributed by atoms with Gasteiger partial charge in [0.15, 0.2) is 0 Å². The number of hydrogen-bond acceptors (Lipinski definition) is 18. The molecule has 0 bridgehead atoms. The Balaban J connectivity index is 0.000000176. The zero-order valence-electron chi connectivity index (χ0n) is 49.6. The van der Waals surface area contributed by atoms with Crippen LogP contribution in [-0.4, -0.2) is 67.0 Å². The first-order chi connectivity index (χ1) is 38.4. The molecule has 0 saturated carbocycles. The van der Waals surface area contributed by atoms with Gasteiger partial charge in [-0.25, -0.2) is 24.3 Å². The van der Waals surface area contributed by atoms with Gasteiger partial charge in [-0.15, -0.1) is 11.3 Å². The van der Waals surface area contributed by atoms with E-state index in [0.717, 1.165) is 56.8 Å². The number of pyridine rings is 1. The first-order valence-corrected chi connectivity index (χ1v) is 28.2. The normalized spacial score (nSPS) is 11.4. The fraction of sp³-hybridized carbons (Fsp3) is 0.328. The van der Waals surface area contributed by atoms with Gasteiger partial charge in [-0.2, -0.15) is 19.9 Å². The predicted octanol–water partition coefficient (Wildman–Crippen LogP) is 17.0. The molecule has 9 rings (SSSR count). The SMILES string of the molecule is Cc1cnc(NC(C)(C)C)nc1Nc1ccc(Cl)c(F)c1.Cc1cnc(NC(C)(C)C)nc1Nc1cccc(Cl)c1.Cc1cnc(NC(C)(C)C)nc1Nc1cccnc1.Cc1cnc(NC(C)(C)C)nc1Nc1csc2ccccc12. The van der Waals surface area contributed by atoms with E-state index >= 15 is 0 Å². The standard InChI is InChI=1S/C17H20N4S.C15H18ClFN4.C15H19ClN4.C14H19N5/c1-11-9-18-16(21-17(2,3)4)20-15(11)19-13-10-22-14-8-6-5-7-12(13)14;1-9-8-18-14(21-15(2,3)4)20-13(9)19-10-5-6-11(16)12(17)7-10;1-10-9-17-14(20-15(2,3)4)19-13(10)18-12-7-5-6-11(16)8-12;1-10-8-16-13(19-14(2,3)4)18-12(10)17-11-6-5-7-15-9-11/h5-10H,1-4H3,(H2,18,19,20,21);5-8H,1-4H3,(H2,18,19,20,21);5-9H,1-4H3,(H2,17,18,19,20);5-9H,1-4H3,(H2,16,17,18,19). The number of nitrogens with one attached hydrogen (secondary N) is 8. The molecular formula is C61H76Cl2FN17S. The highest BCUT2D eigenvalue weighted by atomic mass is 35.5. The smallest absolute Gasteiger partial charge is 0.225 e. The van der Waals surface area contributed by atoms with Crippen LogP contribution in [0, 0.1) is 33.5 Å². The lowest BCUT2D eigenvalue weighted by Crippen LogP contribution is -2.27. The number of halogens is 3. The Morgan fingerprint density at radius 2 is 0.854 bits per heavy atom. The number of rotatable bonds is 12. The third-order valence-electron chi connectivity index (χ3n) is 10.8. The van der Waals surface area contributed by atoms with Gasteiger partial charge in [-0.05, 0) is 165 Å². The van der Waals surface area contributed by atoms with E-state index in [1.165, 1.54) is 22.2 Å². The Labute approximate surface area is 496 Å². The van der Waals surface area contributed by atoms with Gasteiger partial charge in [0.2, 0.25) is 23.8 Å². The van der Waals surface area contributed by atoms with Crippen LogP contribution < -0.4 is 42.5 Å². The fourth-order valence-corrected chi connectivity index (χ4v) is 8.25. The molecule has 0 unspecified atom stereocenters. The molecule has 0 fully saturated rings. The van der Waals surface area contributed by atoms with Crippen molar-refractivity contribution in [3.05, 3.63) is 160 Å². The van der Waals surface area contributed by atoms with Gasteiger partial charge < -0.3 is 42.5 Å². The van der Waals surface area contributed by atoms with E-state index in [0.29, 0.717) is 40.3 Å². The molecule has 0 aliphatic carbocycles. The zero-order chi connectivity index (χ0) is 60.0. The van der Waals surface area contributed by atoms with E-state index in [1.54, 1.807) is 48.4 Å². The van der Waals surface area contributed by atoms with E-state index in [2.05, 4.69) is 179 Å². The molecule has 0 aliphatic rings. The van der Waals surface area contributed by atoms with Crippen LogP contribution in [0.3, 0.4) is 0 Å². The van der Waals surface area contributed by atoms with E-state index in [-0.39, 0.29) is 27.2 Å². The largest absolute Gasteiger partial charge is 0.350 e. The summed E-state index contributed by atoms with van der Waals surface area (Å²) in [5.74, 6) is 4.93. The monoisotopic (exact) mass is 1170 g/mol. The first-order valence-electron chi connectivity index (χ1n) is 26.6. The number of benzene rings is 3. The zero-order valence-corrected chi connectivity index (χ0v) is 51.9. The molecule has 6 aromatic heterocycles. The minimum atomic E-state index is -0.471. The van der Waals surface area contributed by atoms with Crippen LogP contribution >= 0.6 is 34.5 Å². The second-order valence-electron chi connectivity index (χ2n) is 23.4. The molecule has 3 aromatic carbocycles. The highest BCUT2D eigenvalue weighted by Crippen LogP contribution is 2.33. The van der Waals surface area contributed by atoms with Crippen molar-refractivity contribution in [1.29, 1.82) is 0 Å². The topological polar surface area (TPSA) is 212 Å². The second-order valence-corrected chi connectivity index (χ2v) is 25.2. The average molecular weight is 1170 g/mol. The number of anilines is 12. The van der Waals surface area contributed by atoms with Crippen molar-refractivity contribution in [2.75, 3.05) is 42.5 Å². The molecule has 0 atom stereocenters. The van der Waals surface area contributed by atoms with E-state index < -0.39 is 5.82 Å². The minimum Gasteiger partial charge on any atom is -0.350 e. The van der Waals surface area contributed by atoms with Crippen molar-refractivity contribution in [1.82, 2.24) is 44.9 Å². The van der Waals surface area contributed by atoms with Crippen molar-refractivity contribution in [3.63, 3.8) is 0 Å². The molecule has 0 radical (unpaired) electrons. The van der Waals surface area contributed by atoms with E-state index in [1.807, 2.05) is 91.1 Å². The predicted molar refractivity (Wildman–Crippen MR) is 343 cm³/mol. The molecule has 0 saturated heterocycles. The van der Waals surface area contributed by atoms with Gasteiger partial charge >= 0.3 is 0 Å². The number of hydrogen-bond donors (Lipinski definition) is 8. The van der Waals surface area contributed by atoms with Crippen molar-refractivity contribution in [2.45, 2.75) is 133 Å². The van der Waals surface area contributed by atoms with Gasteiger partial charge in [0, 0.05) is 107 Å². The summed E-state index contributed by atoms with van der Waals surface area (Å²) in [7, 11) is 0. The molecule has 432 valence electrons. The maximum Gasteiger partial charge on any atom is 0.225 e. The highest BCUT2D eigenvalue weighted by molar-refractivity contribution is 7.17. The summed E-state index contributed by atoms with van der Waals surface area (Å²) in [6, 6.07) is 24.3. The van der Waals surface area contributed by atoms with Gasteiger partial charge in [-0.3, -0.25) is 4.98 Å². The average Bonchev–Trinajstić information content (AvgIpc) is 3.90. The number of thiophene rings is 1. The van der Waals surface area contributed by atoms with Crippen LogP contribution in [-0.2, 0) is 0 Å². The third-order valence-corrected chi connectivity index (χ3v) is 12.3. The third kappa shape index (κ3) is 21.1. The minimum absolute atomic E-state index is 0.0679. The maximum absolute atomic E-state index is 13.5. The Hall–Kier alpha value is -8.00. The van der Waals surface area contributed by atoms with E-state index in [9.17, 15) is 4.39 Å². The number of fused-ring (bicyclic) bond motifs is 1. The van der Waals surface area contributed by atoms with Crippen LogP contribution in [0.2, 0.25) is 10.0 Å². The molecule has 8 N–H and O–H groups in total. The Bertz CT molecular complexity index is 3540. The fourth-order valence-electron chi connectivity index (χ4n) is 7.05. The molecule has 6 heterocycles. The molecular weight excluding hydrogens is 1090 g/mol. The lowest BCUT2D eigenvalue weighted by molar-refractivity contribution is 0.625.